The molecule has 21 heavy (non-hydrogen) atoms. The van der Waals surface area contributed by atoms with E-state index in [-0.39, 0.29) is 5.82 Å². The first-order valence-electron chi connectivity index (χ1n) is 8.55. The predicted molar refractivity (Wildman–Crippen MR) is 90.2 cm³/mol. The van der Waals surface area contributed by atoms with Crippen molar-refractivity contribution in [1.29, 1.82) is 0 Å². The number of aryl methyl sites for hydroxylation is 2. The van der Waals surface area contributed by atoms with Gasteiger partial charge in [-0.1, -0.05) is 45.7 Å². The van der Waals surface area contributed by atoms with Crippen molar-refractivity contribution in [3.05, 3.63) is 34.6 Å². The topological polar surface area (TPSA) is 12.0 Å². The largest absolute Gasteiger partial charge is 0.310 e. The molecule has 2 heteroatoms. The van der Waals surface area contributed by atoms with Crippen LogP contribution in [0.3, 0.4) is 0 Å². The molecule has 0 saturated heterocycles. The van der Waals surface area contributed by atoms with Gasteiger partial charge in [-0.15, -0.1) is 0 Å². The van der Waals surface area contributed by atoms with Crippen molar-refractivity contribution < 1.29 is 4.39 Å². The molecule has 0 spiro atoms. The monoisotopic (exact) mass is 293 g/mol. The predicted octanol–water partition coefficient (Wildman–Crippen LogP) is 5.70. The Morgan fingerprint density at radius 2 is 1.48 bits per heavy atom. The van der Waals surface area contributed by atoms with E-state index in [9.17, 15) is 4.39 Å². The molecule has 0 aliphatic carbocycles. The van der Waals surface area contributed by atoms with Crippen LogP contribution in [0.4, 0.5) is 4.39 Å². The lowest BCUT2D eigenvalue weighted by molar-refractivity contribution is 0.316. The maximum absolute atomic E-state index is 13.9. The minimum absolute atomic E-state index is 0.0597. The second-order valence-electron chi connectivity index (χ2n) is 6.24. The van der Waals surface area contributed by atoms with Crippen LogP contribution in [-0.4, -0.2) is 6.54 Å². The summed E-state index contributed by atoms with van der Waals surface area (Å²) in [5.74, 6) is 0.575. The van der Waals surface area contributed by atoms with Gasteiger partial charge in [0.2, 0.25) is 0 Å². The highest BCUT2D eigenvalue weighted by Crippen LogP contribution is 2.31. The van der Waals surface area contributed by atoms with E-state index >= 15 is 0 Å². The fraction of sp³-hybridized carbons (Fsp3) is 0.684. The molecule has 1 aromatic carbocycles. The molecular formula is C19H32FN. The van der Waals surface area contributed by atoms with Gasteiger partial charge in [0.1, 0.15) is 5.82 Å². The molecule has 0 aromatic heterocycles. The van der Waals surface area contributed by atoms with Crippen LogP contribution < -0.4 is 5.32 Å². The summed E-state index contributed by atoms with van der Waals surface area (Å²) in [6, 6.07) is 4.42. The van der Waals surface area contributed by atoms with Crippen molar-refractivity contribution in [3.8, 4) is 0 Å². The summed E-state index contributed by atoms with van der Waals surface area (Å²) < 4.78 is 13.9. The van der Waals surface area contributed by atoms with Crippen LogP contribution in [0.2, 0.25) is 0 Å². The maximum Gasteiger partial charge on any atom is 0.129 e. The minimum atomic E-state index is -0.0597. The Kier molecular flexibility index (Phi) is 7.95. The zero-order valence-corrected chi connectivity index (χ0v) is 14.4. The van der Waals surface area contributed by atoms with E-state index in [1.54, 1.807) is 0 Å². The van der Waals surface area contributed by atoms with Crippen LogP contribution in [0.1, 0.15) is 75.6 Å². The Morgan fingerprint density at radius 1 is 0.952 bits per heavy atom. The normalized spacial score (nSPS) is 12.9. The van der Waals surface area contributed by atoms with E-state index in [1.165, 1.54) is 31.2 Å². The van der Waals surface area contributed by atoms with Gasteiger partial charge in [-0.3, -0.25) is 0 Å². The van der Waals surface area contributed by atoms with Crippen LogP contribution in [0.15, 0.2) is 12.1 Å². The van der Waals surface area contributed by atoms with E-state index in [0.717, 1.165) is 24.1 Å². The van der Waals surface area contributed by atoms with Gasteiger partial charge in [-0.2, -0.15) is 0 Å². The molecule has 0 heterocycles. The van der Waals surface area contributed by atoms with Gasteiger partial charge >= 0.3 is 0 Å². The molecule has 0 saturated carbocycles. The zero-order chi connectivity index (χ0) is 15.8. The molecule has 0 radical (unpaired) electrons. The Hall–Kier alpha value is -0.890. The SMILES string of the molecule is CCCNC(c1cc(C)c(F)c(C)c1)C(CCC)CCC. The smallest absolute Gasteiger partial charge is 0.129 e. The fourth-order valence-electron chi connectivity index (χ4n) is 3.23. The van der Waals surface area contributed by atoms with Crippen LogP contribution in [0, 0.1) is 25.6 Å². The number of halogens is 1. The first kappa shape index (κ1) is 18.2. The summed E-state index contributed by atoms with van der Waals surface area (Å²) in [4.78, 5) is 0. The van der Waals surface area contributed by atoms with Gasteiger partial charge in [0, 0.05) is 6.04 Å². The molecule has 0 aliphatic heterocycles. The molecule has 1 atom stereocenters. The third-order valence-corrected chi connectivity index (χ3v) is 4.22. The lowest BCUT2D eigenvalue weighted by Gasteiger charge is -2.29. The van der Waals surface area contributed by atoms with Crippen LogP contribution >= 0.6 is 0 Å². The van der Waals surface area contributed by atoms with E-state index in [0.29, 0.717) is 12.0 Å². The molecule has 1 nitrogen and oxygen atoms in total. The quantitative estimate of drug-likeness (QED) is 0.616. The van der Waals surface area contributed by atoms with Crippen molar-refractivity contribution in [2.75, 3.05) is 6.54 Å². The Morgan fingerprint density at radius 3 is 1.90 bits per heavy atom. The Bertz CT molecular complexity index is 399. The number of rotatable bonds is 9. The van der Waals surface area contributed by atoms with Crippen molar-refractivity contribution >= 4 is 0 Å². The van der Waals surface area contributed by atoms with Crippen LogP contribution in [0.5, 0.6) is 0 Å². The van der Waals surface area contributed by atoms with Gasteiger partial charge in [0.15, 0.2) is 0 Å². The van der Waals surface area contributed by atoms with E-state index < -0.39 is 0 Å². The van der Waals surface area contributed by atoms with E-state index in [2.05, 4.69) is 26.1 Å². The highest BCUT2D eigenvalue weighted by Gasteiger charge is 2.22. The average molecular weight is 293 g/mol. The zero-order valence-electron chi connectivity index (χ0n) is 14.4. The van der Waals surface area contributed by atoms with Gasteiger partial charge < -0.3 is 5.32 Å². The molecule has 120 valence electrons. The summed E-state index contributed by atoms with van der Waals surface area (Å²) in [6.07, 6.45) is 5.98. The standard InChI is InChI=1S/C19H32FN/c1-6-9-16(10-7-2)19(21-11-8-3)17-12-14(4)18(20)15(5)13-17/h12-13,16,19,21H,6-11H2,1-5H3. The molecule has 0 amide bonds. The molecule has 0 fully saturated rings. The number of hydrogen-bond donors (Lipinski definition) is 1. The molecule has 0 aliphatic rings. The summed E-state index contributed by atoms with van der Waals surface area (Å²) in [7, 11) is 0. The van der Waals surface area contributed by atoms with Crippen molar-refractivity contribution in [2.24, 2.45) is 5.92 Å². The maximum atomic E-state index is 13.9. The lowest BCUT2D eigenvalue weighted by Crippen LogP contribution is -2.29. The van der Waals surface area contributed by atoms with Crippen LogP contribution in [-0.2, 0) is 0 Å². The molecular weight excluding hydrogens is 261 g/mol. The van der Waals surface area contributed by atoms with Crippen LogP contribution in [0.25, 0.3) is 0 Å². The first-order valence-corrected chi connectivity index (χ1v) is 8.55. The highest BCUT2D eigenvalue weighted by molar-refractivity contribution is 5.32. The summed E-state index contributed by atoms with van der Waals surface area (Å²) in [5.41, 5.74) is 2.78. The molecule has 0 bridgehead atoms. The second kappa shape index (κ2) is 9.19. The van der Waals surface area contributed by atoms with Gasteiger partial charge in [0.05, 0.1) is 0 Å². The molecule has 1 aromatic rings. The third-order valence-electron chi connectivity index (χ3n) is 4.22. The third kappa shape index (κ3) is 5.10. The number of benzene rings is 1. The number of nitrogens with one attached hydrogen (secondary N) is 1. The summed E-state index contributed by atoms with van der Waals surface area (Å²) >= 11 is 0. The average Bonchev–Trinajstić information content (AvgIpc) is 2.45. The van der Waals surface area contributed by atoms with Gasteiger partial charge in [-0.25, -0.2) is 4.39 Å². The van der Waals surface area contributed by atoms with Crippen molar-refractivity contribution in [2.45, 2.75) is 72.8 Å². The minimum Gasteiger partial charge on any atom is -0.310 e. The molecule has 1 unspecified atom stereocenters. The Labute approximate surface area is 130 Å². The summed E-state index contributed by atoms with van der Waals surface area (Å²) in [5, 5.41) is 3.71. The van der Waals surface area contributed by atoms with E-state index in [4.69, 9.17) is 0 Å². The Balaban J connectivity index is 3.10. The van der Waals surface area contributed by atoms with Gasteiger partial charge in [-0.05, 0) is 62.3 Å². The van der Waals surface area contributed by atoms with Gasteiger partial charge in [0.25, 0.3) is 0 Å². The fourth-order valence-corrected chi connectivity index (χ4v) is 3.23. The summed E-state index contributed by atoms with van der Waals surface area (Å²) in [6.45, 7) is 11.5. The second-order valence-corrected chi connectivity index (χ2v) is 6.24. The van der Waals surface area contributed by atoms with E-state index in [1.807, 2.05) is 26.0 Å². The lowest BCUT2D eigenvalue weighted by atomic mass is 9.85. The van der Waals surface area contributed by atoms with Crippen molar-refractivity contribution in [1.82, 2.24) is 5.32 Å². The van der Waals surface area contributed by atoms with Crippen molar-refractivity contribution in [3.63, 3.8) is 0 Å². The molecule has 1 N–H and O–H groups in total. The first-order chi connectivity index (χ1) is 10.0. The molecule has 1 rings (SSSR count). The number of hydrogen-bond acceptors (Lipinski definition) is 1. The highest BCUT2D eigenvalue weighted by atomic mass is 19.1.